The van der Waals surface area contributed by atoms with Crippen LogP contribution >= 0.6 is 15.9 Å². The van der Waals surface area contributed by atoms with Gasteiger partial charge in [-0.05, 0) is 73.2 Å². The van der Waals surface area contributed by atoms with E-state index in [9.17, 15) is 4.79 Å². The van der Waals surface area contributed by atoms with Gasteiger partial charge in [-0.3, -0.25) is 0 Å². The van der Waals surface area contributed by atoms with Crippen molar-refractivity contribution in [2.45, 2.75) is 45.1 Å². The van der Waals surface area contributed by atoms with Crippen LogP contribution in [0.15, 0.2) is 22.7 Å². The van der Waals surface area contributed by atoms with Gasteiger partial charge in [0.2, 0.25) is 0 Å². The molecule has 1 amide bonds. The van der Waals surface area contributed by atoms with Crippen molar-refractivity contribution in [1.82, 2.24) is 4.90 Å². The van der Waals surface area contributed by atoms with Crippen molar-refractivity contribution in [3.8, 4) is 0 Å². The maximum Gasteiger partial charge on any atom is 0.410 e. The summed E-state index contributed by atoms with van der Waals surface area (Å²) in [6.45, 7) is 8.78. The third kappa shape index (κ3) is 4.19. The number of anilines is 1. The summed E-state index contributed by atoms with van der Waals surface area (Å²) in [6.07, 6.45) is 2.43. The second kappa shape index (κ2) is 6.34. The largest absolute Gasteiger partial charge is 0.444 e. The molecule has 2 fully saturated rings. The average Bonchev–Trinajstić information content (AvgIpc) is 3.30. The molecule has 1 aromatic rings. The number of rotatable bonds is 2. The topological polar surface area (TPSA) is 32.8 Å². The molecule has 23 heavy (non-hydrogen) atoms. The fourth-order valence-electron chi connectivity index (χ4n) is 2.91. The molecular weight excluding hydrogens is 356 g/mol. The Balaban J connectivity index is 1.59. The first-order valence-electron chi connectivity index (χ1n) is 8.36. The second-order valence-electron chi connectivity index (χ2n) is 7.44. The van der Waals surface area contributed by atoms with Gasteiger partial charge in [0, 0.05) is 30.7 Å². The zero-order chi connectivity index (χ0) is 16.6. The lowest BCUT2D eigenvalue weighted by atomic mass is 10.1. The third-order valence-corrected chi connectivity index (χ3v) is 4.93. The van der Waals surface area contributed by atoms with E-state index in [2.05, 4.69) is 39.0 Å². The smallest absolute Gasteiger partial charge is 0.410 e. The van der Waals surface area contributed by atoms with Crippen LogP contribution in [0.25, 0.3) is 0 Å². The number of halogens is 1. The highest BCUT2D eigenvalue weighted by Gasteiger charge is 2.27. The van der Waals surface area contributed by atoms with Gasteiger partial charge in [0.25, 0.3) is 0 Å². The molecule has 0 bridgehead atoms. The normalized spacial score (nSPS) is 19.0. The standard InChI is InChI=1S/C18H25BrN2O2/c1-18(2,3)23-17(22)21-10-8-20(9-11-21)16-7-6-14(12-15(16)19)13-4-5-13/h6-7,12-13H,4-5,8-11H2,1-3H3. The van der Waals surface area contributed by atoms with Gasteiger partial charge in [0.15, 0.2) is 0 Å². The van der Waals surface area contributed by atoms with E-state index in [0.29, 0.717) is 13.1 Å². The Morgan fingerprint density at radius 1 is 1.17 bits per heavy atom. The maximum absolute atomic E-state index is 12.1. The van der Waals surface area contributed by atoms with E-state index in [1.807, 2.05) is 20.8 Å². The highest BCUT2D eigenvalue weighted by molar-refractivity contribution is 9.10. The molecule has 5 heteroatoms. The minimum Gasteiger partial charge on any atom is -0.444 e. The number of hydrogen-bond acceptors (Lipinski definition) is 3. The molecule has 126 valence electrons. The number of hydrogen-bond donors (Lipinski definition) is 0. The van der Waals surface area contributed by atoms with Gasteiger partial charge in [-0.1, -0.05) is 6.07 Å². The average molecular weight is 381 g/mol. The molecule has 0 N–H and O–H groups in total. The van der Waals surface area contributed by atoms with E-state index in [0.717, 1.165) is 23.5 Å². The Bertz CT molecular complexity index is 585. The molecule has 4 nitrogen and oxygen atoms in total. The fourth-order valence-corrected chi connectivity index (χ4v) is 3.55. The van der Waals surface area contributed by atoms with Crippen LogP contribution < -0.4 is 4.90 Å². The summed E-state index contributed by atoms with van der Waals surface area (Å²) in [7, 11) is 0. The Labute approximate surface area is 146 Å². The van der Waals surface area contributed by atoms with E-state index >= 15 is 0 Å². The van der Waals surface area contributed by atoms with Gasteiger partial charge in [0.05, 0.1) is 5.69 Å². The maximum atomic E-state index is 12.1. The first kappa shape index (κ1) is 16.6. The molecule has 0 aromatic heterocycles. The molecule has 1 aliphatic heterocycles. The van der Waals surface area contributed by atoms with Crippen LogP contribution in [0.2, 0.25) is 0 Å². The number of carbonyl (C=O) groups is 1. The van der Waals surface area contributed by atoms with Crippen LogP contribution in [0.1, 0.15) is 45.1 Å². The number of ether oxygens (including phenoxy) is 1. The molecule has 0 unspecified atom stereocenters. The van der Waals surface area contributed by atoms with Crippen LogP contribution in [0.3, 0.4) is 0 Å². The Hall–Kier alpha value is -1.23. The van der Waals surface area contributed by atoms with Crippen molar-refractivity contribution in [3.05, 3.63) is 28.2 Å². The van der Waals surface area contributed by atoms with Crippen molar-refractivity contribution in [2.24, 2.45) is 0 Å². The van der Waals surface area contributed by atoms with Crippen LogP contribution in [0, 0.1) is 0 Å². The molecule has 1 aromatic carbocycles. The van der Waals surface area contributed by atoms with E-state index in [1.165, 1.54) is 24.1 Å². The molecule has 1 saturated carbocycles. The van der Waals surface area contributed by atoms with E-state index < -0.39 is 5.60 Å². The molecule has 0 radical (unpaired) electrons. The van der Waals surface area contributed by atoms with Crippen molar-refractivity contribution >= 4 is 27.7 Å². The quantitative estimate of drug-likeness (QED) is 0.762. The van der Waals surface area contributed by atoms with Crippen LogP contribution in [0.5, 0.6) is 0 Å². The Morgan fingerprint density at radius 2 is 1.83 bits per heavy atom. The first-order valence-corrected chi connectivity index (χ1v) is 9.15. The number of piperazine rings is 1. The highest BCUT2D eigenvalue weighted by Crippen LogP contribution is 2.42. The highest BCUT2D eigenvalue weighted by atomic mass is 79.9. The summed E-state index contributed by atoms with van der Waals surface area (Å²) in [4.78, 5) is 16.3. The van der Waals surface area contributed by atoms with Gasteiger partial charge in [-0.15, -0.1) is 0 Å². The van der Waals surface area contributed by atoms with Gasteiger partial charge in [-0.25, -0.2) is 4.79 Å². The van der Waals surface area contributed by atoms with Crippen molar-refractivity contribution in [1.29, 1.82) is 0 Å². The number of nitrogens with zero attached hydrogens (tertiary/aromatic N) is 2. The van der Waals surface area contributed by atoms with Gasteiger partial charge < -0.3 is 14.5 Å². The lowest BCUT2D eigenvalue weighted by molar-refractivity contribution is 0.0240. The van der Waals surface area contributed by atoms with Gasteiger partial charge in [-0.2, -0.15) is 0 Å². The minimum absolute atomic E-state index is 0.208. The fraction of sp³-hybridized carbons (Fsp3) is 0.611. The van der Waals surface area contributed by atoms with Crippen molar-refractivity contribution in [2.75, 3.05) is 31.1 Å². The summed E-state index contributed by atoms with van der Waals surface area (Å²) in [5.41, 5.74) is 2.22. The lowest BCUT2D eigenvalue weighted by Gasteiger charge is -2.37. The SMILES string of the molecule is CC(C)(C)OC(=O)N1CCN(c2ccc(C3CC3)cc2Br)CC1. The van der Waals surface area contributed by atoms with Crippen LogP contribution in [-0.4, -0.2) is 42.8 Å². The number of carbonyl (C=O) groups excluding carboxylic acids is 1. The van der Waals surface area contributed by atoms with Crippen molar-refractivity contribution in [3.63, 3.8) is 0 Å². The molecule has 0 atom stereocenters. The first-order chi connectivity index (χ1) is 10.8. The summed E-state index contributed by atoms with van der Waals surface area (Å²) in [5.74, 6) is 0.768. The molecule has 1 aliphatic carbocycles. The molecular formula is C18H25BrN2O2. The summed E-state index contributed by atoms with van der Waals surface area (Å²) in [5, 5.41) is 0. The van der Waals surface area contributed by atoms with E-state index in [-0.39, 0.29) is 6.09 Å². The Kier molecular flexibility index (Phi) is 4.59. The van der Waals surface area contributed by atoms with Gasteiger partial charge in [0.1, 0.15) is 5.60 Å². The molecule has 1 heterocycles. The van der Waals surface area contributed by atoms with Crippen LogP contribution in [-0.2, 0) is 4.74 Å². The minimum atomic E-state index is -0.435. The molecule has 0 spiro atoms. The molecule has 1 saturated heterocycles. The molecule has 3 rings (SSSR count). The van der Waals surface area contributed by atoms with Gasteiger partial charge >= 0.3 is 6.09 Å². The van der Waals surface area contributed by atoms with E-state index in [4.69, 9.17) is 4.74 Å². The van der Waals surface area contributed by atoms with E-state index in [1.54, 1.807) is 4.90 Å². The predicted octanol–water partition coefficient (Wildman–Crippen LogP) is 4.38. The third-order valence-electron chi connectivity index (χ3n) is 4.29. The second-order valence-corrected chi connectivity index (χ2v) is 8.29. The summed E-state index contributed by atoms with van der Waals surface area (Å²) >= 11 is 3.72. The molecule has 2 aliphatic rings. The zero-order valence-corrected chi connectivity index (χ0v) is 15.7. The zero-order valence-electron chi connectivity index (χ0n) is 14.1. The summed E-state index contributed by atoms with van der Waals surface area (Å²) < 4.78 is 6.61. The summed E-state index contributed by atoms with van der Waals surface area (Å²) in [6, 6.07) is 6.71. The number of amides is 1. The van der Waals surface area contributed by atoms with Crippen molar-refractivity contribution < 1.29 is 9.53 Å². The van der Waals surface area contributed by atoms with Crippen LogP contribution in [0.4, 0.5) is 10.5 Å². The Morgan fingerprint density at radius 3 is 2.35 bits per heavy atom. The predicted molar refractivity (Wildman–Crippen MR) is 96.1 cm³/mol. The monoisotopic (exact) mass is 380 g/mol. The number of benzene rings is 1. The lowest BCUT2D eigenvalue weighted by Crippen LogP contribution is -2.50.